The third-order valence-corrected chi connectivity index (χ3v) is 5.24. The molecular weight excluding hydrogens is 531 g/mol. The van der Waals surface area contributed by atoms with E-state index in [1.165, 1.54) is 18.2 Å². The molecule has 2 heterocycles. The molecule has 194 valence electrons. The molecule has 0 saturated heterocycles. The molecule has 0 radical (unpaired) electrons. The lowest BCUT2D eigenvalue weighted by Crippen LogP contribution is -2.43. The number of H-pyrrole nitrogens is 1. The van der Waals surface area contributed by atoms with Crippen molar-refractivity contribution in [2.45, 2.75) is 46.4 Å². The fourth-order valence-electron chi connectivity index (χ4n) is 2.96. The van der Waals surface area contributed by atoms with Gasteiger partial charge in [0.2, 0.25) is 11.6 Å². The highest BCUT2D eigenvalue weighted by Gasteiger charge is 2.20. The summed E-state index contributed by atoms with van der Waals surface area (Å²) in [4.78, 5) is 49.1. The second-order valence-corrected chi connectivity index (χ2v) is 8.88. The number of hydrogen-bond acceptors (Lipinski definition) is 10. The zero-order valence-electron chi connectivity index (χ0n) is 19.9. The first kappa shape index (κ1) is 27.4. The first-order valence-electron chi connectivity index (χ1n) is 10.7. The fraction of sp³-hybridized carbons (Fsp3) is 0.318. The van der Waals surface area contributed by atoms with Crippen molar-refractivity contribution in [1.82, 2.24) is 24.5 Å². The molecule has 0 aliphatic carbocycles. The normalized spacial score (nSPS) is 10.9. The molecule has 15 heteroatoms. The van der Waals surface area contributed by atoms with Crippen molar-refractivity contribution in [2.75, 3.05) is 0 Å². The minimum Gasteiger partial charge on any atom is -0.434 e. The highest BCUT2D eigenvalue weighted by Crippen LogP contribution is 2.37. The van der Waals surface area contributed by atoms with Crippen LogP contribution in [-0.4, -0.2) is 36.8 Å². The van der Waals surface area contributed by atoms with Gasteiger partial charge in [-0.05, 0) is 31.9 Å². The Labute approximate surface area is 218 Å². The molecule has 0 unspecified atom stereocenters. The average molecular weight is 551 g/mol. The maximum atomic E-state index is 13.0. The SMILES string of the molecule is CC(C)OC(=O)OCn1c(=O)c(C#N)nn(-c2cc(Cl)c(Oc3cc(C(C)C)c(=O)[nH]n3)c(Cl)c2)c1=O. The van der Waals surface area contributed by atoms with Gasteiger partial charge in [-0.3, -0.25) is 9.59 Å². The maximum Gasteiger partial charge on any atom is 0.510 e. The molecular formula is C22H20Cl2N6O7. The second kappa shape index (κ2) is 11.3. The first-order chi connectivity index (χ1) is 17.4. The molecule has 2 aromatic heterocycles. The Morgan fingerprint density at radius 3 is 2.35 bits per heavy atom. The third-order valence-electron chi connectivity index (χ3n) is 4.67. The van der Waals surface area contributed by atoms with Crippen LogP contribution in [0.15, 0.2) is 32.6 Å². The van der Waals surface area contributed by atoms with E-state index in [0.717, 1.165) is 0 Å². The number of nitriles is 1. The molecule has 0 aliphatic heterocycles. The monoisotopic (exact) mass is 550 g/mol. The van der Waals surface area contributed by atoms with Crippen LogP contribution in [0.2, 0.25) is 10.0 Å². The van der Waals surface area contributed by atoms with Crippen molar-refractivity contribution in [3.63, 3.8) is 0 Å². The van der Waals surface area contributed by atoms with Crippen LogP contribution in [0, 0.1) is 11.3 Å². The van der Waals surface area contributed by atoms with Gasteiger partial charge < -0.3 is 14.2 Å². The smallest absolute Gasteiger partial charge is 0.434 e. The summed E-state index contributed by atoms with van der Waals surface area (Å²) in [6, 6.07) is 5.51. The molecule has 3 rings (SSSR count). The molecule has 0 saturated carbocycles. The molecule has 1 N–H and O–H groups in total. The quantitative estimate of drug-likeness (QED) is 0.430. The number of benzene rings is 1. The van der Waals surface area contributed by atoms with E-state index in [2.05, 4.69) is 15.3 Å². The number of aromatic nitrogens is 5. The van der Waals surface area contributed by atoms with Gasteiger partial charge in [0.05, 0.1) is 21.8 Å². The van der Waals surface area contributed by atoms with E-state index in [0.29, 0.717) is 14.8 Å². The summed E-state index contributed by atoms with van der Waals surface area (Å²) in [7, 11) is 0. The summed E-state index contributed by atoms with van der Waals surface area (Å²) in [6.07, 6.45) is -1.62. The molecule has 0 fully saturated rings. The fourth-order valence-corrected chi connectivity index (χ4v) is 3.52. The number of halogens is 2. The van der Waals surface area contributed by atoms with Crippen LogP contribution in [0.1, 0.15) is 44.9 Å². The molecule has 3 aromatic rings. The van der Waals surface area contributed by atoms with Gasteiger partial charge in [0.15, 0.2) is 12.5 Å². The van der Waals surface area contributed by atoms with Crippen LogP contribution in [-0.2, 0) is 16.2 Å². The van der Waals surface area contributed by atoms with Crippen LogP contribution in [0.25, 0.3) is 5.69 Å². The minimum absolute atomic E-state index is 0.0147. The van der Waals surface area contributed by atoms with Gasteiger partial charge in [0.1, 0.15) is 6.07 Å². The lowest BCUT2D eigenvalue weighted by molar-refractivity contribution is 0.0139. The van der Waals surface area contributed by atoms with Crippen molar-refractivity contribution < 1.29 is 19.0 Å². The van der Waals surface area contributed by atoms with E-state index in [-0.39, 0.29) is 38.8 Å². The summed E-state index contributed by atoms with van der Waals surface area (Å²) in [5.74, 6) is -0.134. The van der Waals surface area contributed by atoms with Gasteiger partial charge in [-0.2, -0.15) is 9.94 Å². The number of rotatable bonds is 7. The van der Waals surface area contributed by atoms with Crippen LogP contribution < -0.4 is 21.5 Å². The Kier molecular flexibility index (Phi) is 8.36. The summed E-state index contributed by atoms with van der Waals surface area (Å²) in [5, 5.41) is 19.1. The largest absolute Gasteiger partial charge is 0.510 e. The van der Waals surface area contributed by atoms with Crippen LogP contribution in [0.4, 0.5) is 4.79 Å². The van der Waals surface area contributed by atoms with Crippen molar-refractivity contribution >= 4 is 29.4 Å². The highest BCUT2D eigenvalue weighted by atomic mass is 35.5. The maximum absolute atomic E-state index is 13.0. The Morgan fingerprint density at radius 2 is 1.78 bits per heavy atom. The predicted octanol–water partition coefficient (Wildman–Crippen LogP) is 3.09. The zero-order valence-corrected chi connectivity index (χ0v) is 21.5. The number of hydrogen-bond donors (Lipinski definition) is 1. The molecule has 0 aliphatic rings. The lowest BCUT2D eigenvalue weighted by atomic mass is 10.1. The molecule has 13 nitrogen and oxygen atoms in total. The molecule has 1 aromatic carbocycles. The van der Waals surface area contributed by atoms with E-state index >= 15 is 0 Å². The van der Waals surface area contributed by atoms with Gasteiger partial charge in [-0.1, -0.05) is 37.0 Å². The standard InChI is InChI=1S/C22H20Cl2N6O7/c1-10(2)13-7-17(26-27-19(13)31)37-18-14(23)5-12(6-15(18)24)30-21(33)29(20(32)16(8-25)28-30)9-35-22(34)36-11(3)4/h5-7,10-11H,9H2,1-4H3,(H,27,31). The number of nitrogens with zero attached hydrogens (tertiary/aromatic N) is 5. The van der Waals surface area contributed by atoms with E-state index in [1.807, 2.05) is 13.8 Å². The summed E-state index contributed by atoms with van der Waals surface area (Å²) in [5.41, 5.74) is -2.76. The van der Waals surface area contributed by atoms with E-state index in [1.54, 1.807) is 19.9 Å². The number of carbonyl (C=O) groups excluding carboxylic acids is 1. The molecule has 0 amide bonds. The number of carbonyl (C=O) groups is 1. The van der Waals surface area contributed by atoms with E-state index in [9.17, 15) is 24.4 Å². The molecule has 37 heavy (non-hydrogen) atoms. The first-order valence-corrected chi connectivity index (χ1v) is 11.4. The van der Waals surface area contributed by atoms with Gasteiger partial charge >= 0.3 is 11.8 Å². The van der Waals surface area contributed by atoms with Crippen molar-refractivity contribution in [1.29, 1.82) is 5.26 Å². The van der Waals surface area contributed by atoms with Gasteiger partial charge in [0, 0.05) is 11.6 Å². The Hall–Kier alpha value is -4.15. The summed E-state index contributed by atoms with van der Waals surface area (Å²) in [6.45, 7) is 5.97. The van der Waals surface area contributed by atoms with Crippen LogP contribution in [0.5, 0.6) is 11.6 Å². The van der Waals surface area contributed by atoms with Gasteiger partial charge in [-0.15, -0.1) is 10.2 Å². The van der Waals surface area contributed by atoms with Gasteiger partial charge in [-0.25, -0.2) is 19.3 Å². The second-order valence-electron chi connectivity index (χ2n) is 8.06. The van der Waals surface area contributed by atoms with Gasteiger partial charge in [0.25, 0.3) is 11.1 Å². The Bertz CT molecular complexity index is 1550. The lowest BCUT2D eigenvalue weighted by Gasteiger charge is -2.14. The van der Waals surface area contributed by atoms with E-state index < -0.39 is 35.9 Å². The third kappa shape index (κ3) is 6.16. The zero-order chi connectivity index (χ0) is 27.4. The predicted molar refractivity (Wildman–Crippen MR) is 131 cm³/mol. The minimum atomic E-state index is -1.12. The number of aromatic amines is 1. The molecule has 0 atom stereocenters. The summed E-state index contributed by atoms with van der Waals surface area (Å²) >= 11 is 12.7. The van der Waals surface area contributed by atoms with Crippen LogP contribution in [0.3, 0.4) is 0 Å². The van der Waals surface area contributed by atoms with Crippen molar-refractivity contribution in [2.24, 2.45) is 0 Å². The number of ether oxygens (including phenoxy) is 3. The van der Waals surface area contributed by atoms with Crippen molar-refractivity contribution in [3.05, 3.63) is 70.7 Å². The topological polar surface area (TPSA) is 171 Å². The Morgan fingerprint density at radius 1 is 1.14 bits per heavy atom. The Balaban J connectivity index is 2.02. The van der Waals surface area contributed by atoms with Crippen LogP contribution >= 0.6 is 23.2 Å². The average Bonchev–Trinajstić information content (AvgIpc) is 2.81. The number of nitrogens with one attached hydrogen (secondary N) is 1. The highest BCUT2D eigenvalue weighted by molar-refractivity contribution is 6.37. The summed E-state index contributed by atoms with van der Waals surface area (Å²) < 4.78 is 16.4. The van der Waals surface area contributed by atoms with Crippen molar-refractivity contribution in [3.8, 4) is 23.4 Å². The molecule has 0 bridgehead atoms. The molecule has 0 spiro atoms. The van der Waals surface area contributed by atoms with E-state index in [4.69, 9.17) is 37.4 Å².